The number of sulfone groups is 1. The molecule has 0 radical (unpaired) electrons. The Morgan fingerprint density at radius 3 is 2.48 bits per heavy atom. The summed E-state index contributed by atoms with van der Waals surface area (Å²) in [7, 11) is -3.66. The Bertz CT molecular complexity index is 1100. The second kappa shape index (κ2) is 8.46. The molecule has 1 atom stereocenters. The second-order valence-electron chi connectivity index (χ2n) is 8.46. The van der Waals surface area contributed by atoms with E-state index in [2.05, 4.69) is 12.2 Å². The van der Waals surface area contributed by atoms with Crippen LogP contribution in [0.25, 0.3) is 0 Å². The maximum atomic E-state index is 13.1. The number of nitrogens with zero attached hydrogens (tertiary/aromatic N) is 1. The SMILES string of the molecule is CCc1ccc(NC(=O)C[C@@H](C)S(=O)(=O)c2ccc3c(c2)CCN3C(=O)C2CC2)cc1. The van der Waals surface area contributed by atoms with Crippen molar-refractivity contribution in [2.45, 2.75) is 56.1 Å². The molecule has 1 fully saturated rings. The molecule has 6 nitrogen and oxygen atoms in total. The quantitative estimate of drug-likeness (QED) is 0.711. The van der Waals surface area contributed by atoms with E-state index in [1.807, 2.05) is 24.3 Å². The van der Waals surface area contributed by atoms with Gasteiger partial charge in [-0.2, -0.15) is 0 Å². The Morgan fingerprint density at radius 1 is 1.13 bits per heavy atom. The Hall–Kier alpha value is -2.67. The zero-order valence-corrected chi connectivity index (χ0v) is 18.7. The van der Waals surface area contributed by atoms with Crippen LogP contribution in [0.3, 0.4) is 0 Å². The van der Waals surface area contributed by atoms with Crippen molar-refractivity contribution in [3.05, 3.63) is 53.6 Å². The summed E-state index contributed by atoms with van der Waals surface area (Å²) >= 11 is 0. The Kier molecular flexibility index (Phi) is 5.88. The summed E-state index contributed by atoms with van der Waals surface area (Å²) in [5.41, 5.74) is 3.52. The number of nitrogens with one attached hydrogen (secondary N) is 1. The van der Waals surface area contributed by atoms with Crippen molar-refractivity contribution in [1.29, 1.82) is 0 Å². The van der Waals surface area contributed by atoms with Crippen molar-refractivity contribution in [2.24, 2.45) is 5.92 Å². The van der Waals surface area contributed by atoms with Crippen molar-refractivity contribution in [3.63, 3.8) is 0 Å². The van der Waals surface area contributed by atoms with Gasteiger partial charge in [-0.3, -0.25) is 9.59 Å². The summed E-state index contributed by atoms with van der Waals surface area (Å²) in [4.78, 5) is 26.8. The number of hydrogen-bond acceptors (Lipinski definition) is 4. The number of benzene rings is 2. The highest BCUT2D eigenvalue weighted by Crippen LogP contribution is 2.37. The van der Waals surface area contributed by atoms with Gasteiger partial charge in [-0.05, 0) is 74.1 Å². The number of hydrogen-bond donors (Lipinski definition) is 1. The normalized spacial score (nSPS) is 16.6. The fraction of sp³-hybridized carbons (Fsp3) is 0.417. The summed E-state index contributed by atoms with van der Waals surface area (Å²) in [6.07, 6.45) is 3.33. The van der Waals surface area contributed by atoms with E-state index < -0.39 is 15.1 Å². The molecule has 2 aromatic rings. The van der Waals surface area contributed by atoms with Crippen LogP contribution in [0.4, 0.5) is 11.4 Å². The van der Waals surface area contributed by atoms with Gasteiger partial charge in [-0.15, -0.1) is 0 Å². The lowest BCUT2D eigenvalue weighted by molar-refractivity contribution is -0.119. The molecule has 1 saturated carbocycles. The molecule has 1 aliphatic heterocycles. The average molecular weight is 441 g/mol. The van der Waals surface area contributed by atoms with Gasteiger partial charge in [0, 0.05) is 30.3 Å². The van der Waals surface area contributed by atoms with Crippen LogP contribution in [-0.4, -0.2) is 32.0 Å². The maximum absolute atomic E-state index is 13.1. The number of anilines is 2. The largest absolute Gasteiger partial charge is 0.326 e. The first-order valence-corrected chi connectivity index (χ1v) is 12.4. The third-order valence-corrected chi connectivity index (χ3v) is 8.25. The zero-order valence-electron chi connectivity index (χ0n) is 17.9. The molecule has 1 N–H and O–H groups in total. The molecule has 1 heterocycles. The monoisotopic (exact) mass is 440 g/mol. The number of aryl methyl sites for hydroxylation is 1. The highest BCUT2D eigenvalue weighted by molar-refractivity contribution is 7.92. The first-order chi connectivity index (χ1) is 14.8. The predicted octanol–water partition coefficient (Wildman–Crippen LogP) is 3.74. The molecule has 0 bridgehead atoms. The van der Waals surface area contributed by atoms with Gasteiger partial charge in [-0.25, -0.2) is 8.42 Å². The minimum Gasteiger partial charge on any atom is -0.326 e. The van der Waals surface area contributed by atoms with Crippen LogP contribution < -0.4 is 10.2 Å². The first kappa shape index (κ1) is 21.6. The standard InChI is InChI=1S/C24H28N2O4S/c1-3-17-4-8-20(9-5-17)25-23(27)14-16(2)31(29,30)21-10-11-22-19(15-21)12-13-26(22)24(28)18-6-7-18/h4-5,8-11,15-16,18H,3,6-7,12-14H2,1-2H3,(H,25,27)/t16-/m1/s1. The van der Waals surface area contributed by atoms with E-state index in [-0.39, 0.29) is 29.0 Å². The second-order valence-corrected chi connectivity index (χ2v) is 10.8. The summed E-state index contributed by atoms with van der Waals surface area (Å²) in [6, 6.07) is 12.5. The van der Waals surface area contributed by atoms with E-state index >= 15 is 0 Å². The maximum Gasteiger partial charge on any atom is 0.230 e. The summed E-state index contributed by atoms with van der Waals surface area (Å²) in [5.74, 6) is -0.0554. The minimum atomic E-state index is -3.66. The van der Waals surface area contributed by atoms with Gasteiger partial charge >= 0.3 is 0 Å². The van der Waals surface area contributed by atoms with Gasteiger partial charge in [0.15, 0.2) is 9.84 Å². The van der Waals surface area contributed by atoms with Crippen LogP contribution >= 0.6 is 0 Å². The average Bonchev–Trinajstić information content (AvgIpc) is 3.52. The summed E-state index contributed by atoms with van der Waals surface area (Å²) < 4.78 is 26.2. The molecule has 4 rings (SSSR count). The number of amides is 2. The molecular formula is C24H28N2O4S. The molecular weight excluding hydrogens is 412 g/mol. The number of rotatable bonds is 7. The van der Waals surface area contributed by atoms with Crippen LogP contribution in [0.15, 0.2) is 47.4 Å². The Balaban J connectivity index is 1.43. The van der Waals surface area contributed by atoms with Gasteiger partial charge in [-0.1, -0.05) is 19.1 Å². The van der Waals surface area contributed by atoms with Gasteiger partial charge in [0.05, 0.1) is 10.1 Å². The van der Waals surface area contributed by atoms with Crippen LogP contribution in [0.1, 0.15) is 44.2 Å². The lowest BCUT2D eigenvalue weighted by atomic mass is 10.1. The fourth-order valence-corrected chi connectivity index (χ4v) is 5.37. The lowest BCUT2D eigenvalue weighted by Crippen LogP contribution is -2.30. The molecule has 7 heteroatoms. The van der Waals surface area contributed by atoms with Gasteiger partial charge in [0.1, 0.15) is 0 Å². The van der Waals surface area contributed by atoms with E-state index in [0.717, 1.165) is 30.5 Å². The van der Waals surface area contributed by atoms with Crippen LogP contribution in [-0.2, 0) is 32.3 Å². The van der Waals surface area contributed by atoms with E-state index in [1.165, 1.54) is 5.56 Å². The Labute approximate surface area is 183 Å². The van der Waals surface area contributed by atoms with E-state index in [9.17, 15) is 18.0 Å². The van der Waals surface area contributed by atoms with Crippen molar-refractivity contribution < 1.29 is 18.0 Å². The van der Waals surface area contributed by atoms with Crippen LogP contribution in [0.5, 0.6) is 0 Å². The molecule has 2 amide bonds. The highest BCUT2D eigenvalue weighted by atomic mass is 32.2. The van der Waals surface area contributed by atoms with Crippen molar-refractivity contribution in [2.75, 3.05) is 16.8 Å². The molecule has 0 saturated heterocycles. The smallest absolute Gasteiger partial charge is 0.230 e. The first-order valence-electron chi connectivity index (χ1n) is 10.9. The van der Waals surface area contributed by atoms with E-state index in [0.29, 0.717) is 18.7 Å². The molecule has 1 aliphatic carbocycles. The molecule has 2 aliphatic rings. The Morgan fingerprint density at radius 2 is 1.84 bits per heavy atom. The third kappa shape index (κ3) is 4.51. The lowest BCUT2D eigenvalue weighted by Gasteiger charge is -2.18. The van der Waals surface area contributed by atoms with Crippen molar-refractivity contribution in [3.8, 4) is 0 Å². The molecule has 0 unspecified atom stereocenters. The minimum absolute atomic E-state index is 0.124. The van der Waals surface area contributed by atoms with E-state index in [1.54, 1.807) is 30.0 Å². The molecule has 0 spiro atoms. The highest BCUT2D eigenvalue weighted by Gasteiger charge is 2.37. The number of fused-ring (bicyclic) bond motifs is 1. The third-order valence-electron chi connectivity index (χ3n) is 6.12. The van der Waals surface area contributed by atoms with Crippen molar-refractivity contribution in [1.82, 2.24) is 0 Å². The van der Waals surface area contributed by atoms with Crippen LogP contribution in [0, 0.1) is 5.92 Å². The predicted molar refractivity (Wildman–Crippen MR) is 121 cm³/mol. The summed E-state index contributed by atoms with van der Waals surface area (Å²) in [5, 5.41) is 1.92. The molecule has 2 aromatic carbocycles. The van der Waals surface area contributed by atoms with Gasteiger partial charge < -0.3 is 10.2 Å². The van der Waals surface area contributed by atoms with Crippen LogP contribution in [0.2, 0.25) is 0 Å². The number of carbonyl (C=O) groups excluding carboxylic acids is 2. The molecule has 0 aromatic heterocycles. The molecule has 31 heavy (non-hydrogen) atoms. The zero-order chi connectivity index (χ0) is 22.2. The topological polar surface area (TPSA) is 83.6 Å². The number of carbonyl (C=O) groups is 2. The molecule has 164 valence electrons. The van der Waals surface area contributed by atoms with Crippen molar-refractivity contribution >= 4 is 33.0 Å². The fourth-order valence-electron chi connectivity index (χ4n) is 3.97. The van der Waals surface area contributed by atoms with Gasteiger partial charge in [0.25, 0.3) is 0 Å². The summed E-state index contributed by atoms with van der Waals surface area (Å²) in [6.45, 7) is 4.22. The van der Waals surface area contributed by atoms with E-state index in [4.69, 9.17) is 0 Å². The van der Waals surface area contributed by atoms with Gasteiger partial charge in [0.2, 0.25) is 11.8 Å².